The molecule has 20 heavy (non-hydrogen) atoms. The largest absolute Gasteiger partial charge is 0.381 e. The molecule has 2 aromatic carbocycles. The number of halogens is 1. The molecule has 0 unspecified atom stereocenters. The van der Waals surface area contributed by atoms with Gasteiger partial charge in [-0.25, -0.2) is 4.39 Å². The monoisotopic (exact) mass is 274 g/mol. The second kappa shape index (κ2) is 5.69. The molecule has 1 N–H and O–H groups in total. The lowest BCUT2D eigenvalue weighted by Gasteiger charge is -2.11. The van der Waals surface area contributed by atoms with Gasteiger partial charge in [-0.1, -0.05) is 18.2 Å². The Balaban J connectivity index is 2.21. The van der Waals surface area contributed by atoms with Crippen LogP contribution in [0.5, 0.6) is 0 Å². The van der Waals surface area contributed by atoms with Crippen LogP contribution in [-0.2, 0) is 6.54 Å². The molecule has 0 saturated heterocycles. The van der Waals surface area contributed by atoms with Crippen LogP contribution in [0.1, 0.15) is 16.7 Å². The van der Waals surface area contributed by atoms with Gasteiger partial charge in [-0.05, 0) is 31.5 Å². The van der Waals surface area contributed by atoms with Crippen LogP contribution < -0.4 is 5.32 Å². The lowest BCUT2D eigenvalue weighted by molar-refractivity contribution is -0.385. The Morgan fingerprint density at radius 1 is 1.15 bits per heavy atom. The standard InChI is InChI=1S/C15H15FN2O2/c1-10-12(5-3-8-15(10)18(19)20)9-17-14-7-4-6-13(16)11(14)2/h3-8,17H,9H2,1-2H3. The van der Waals surface area contributed by atoms with E-state index in [1.54, 1.807) is 32.0 Å². The minimum Gasteiger partial charge on any atom is -0.381 e. The van der Waals surface area contributed by atoms with Crippen LogP contribution in [0, 0.1) is 29.8 Å². The minimum atomic E-state index is -0.397. The maximum Gasteiger partial charge on any atom is 0.272 e. The van der Waals surface area contributed by atoms with Crippen molar-refractivity contribution in [2.24, 2.45) is 0 Å². The molecule has 0 amide bonds. The summed E-state index contributed by atoms with van der Waals surface area (Å²) in [5, 5.41) is 14.0. The Morgan fingerprint density at radius 2 is 1.85 bits per heavy atom. The highest BCUT2D eigenvalue weighted by Gasteiger charge is 2.13. The molecule has 0 aliphatic rings. The summed E-state index contributed by atoms with van der Waals surface area (Å²) in [5.74, 6) is -0.272. The Labute approximate surface area is 116 Å². The Kier molecular flexibility index (Phi) is 3.98. The van der Waals surface area contributed by atoms with Crippen molar-refractivity contribution < 1.29 is 9.31 Å². The number of nitro groups is 1. The first-order valence-electron chi connectivity index (χ1n) is 6.22. The highest BCUT2D eigenvalue weighted by molar-refractivity contribution is 5.52. The molecule has 2 aromatic rings. The molecular formula is C15H15FN2O2. The zero-order chi connectivity index (χ0) is 14.7. The van der Waals surface area contributed by atoms with Gasteiger partial charge in [0.05, 0.1) is 4.92 Å². The van der Waals surface area contributed by atoms with Crippen molar-refractivity contribution >= 4 is 11.4 Å². The maximum atomic E-state index is 13.4. The van der Waals surface area contributed by atoms with Gasteiger partial charge < -0.3 is 5.32 Å². The van der Waals surface area contributed by atoms with Gasteiger partial charge in [0.25, 0.3) is 5.69 Å². The van der Waals surface area contributed by atoms with E-state index in [4.69, 9.17) is 0 Å². The number of nitrogens with one attached hydrogen (secondary N) is 1. The van der Waals surface area contributed by atoms with Crippen LogP contribution in [0.4, 0.5) is 15.8 Å². The van der Waals surface area contributed by atoms with Crippen molar-refractivity contribution in [2.75, 3.05) is 5.32 Å². The number of nitrogens with zero attached hydrogens (tertiary/aromatic N) is 1. The second-order valence-corrected chi connectivity index (χ2v) is 4.58. The molecule has 0 heterocycles. The van der Waals surface area contributed by atoms with Crippen molar-refractivity contribution in [1.82, 2.24) is 0 Å². The molecule has 0 aromatic heterocycles. The zero-order valence-corrected chi connectivity index (χ0v) is 11.3. The highest BCUT2D eigenvalue weighted by Crippen LogP contribution is 2.23. The van der Waals surface area contributed by atoms with Crippen LogP contribution >= 0.6 is 0 Å². The molecule has 104 valence electrons. The molecule has 0 spiro atoms. The molecular weight excluding hydrogens is 259 g/mol. The van der Waals surface area contributed by atoms with E-state index in [0.29, 0.717) is 23.4 Å². The fourth-order valence-corrected chi connectivity index (χ4v) is 2.05. The van der Waals surface area contributed by atoms with Crippen molar-refractivity contribution in [3.63, 3.8) is 0 Å². The number of rotatable bonds is 4. The van der Waals surface area contributed by atoms with Crippen LogP contribution in [0.2, 0.25) is 0 Å². The summed E-state index contributed by atoms with van der Waals surface area (Å²) in [6.45, 7) is 3.82. The molecule has 0 radical (unpaired) electrons. The summed E-state index contributed by atoms with van der Waals surface area (Å²) in [4.78, 5) is 10.5. The van der Waals surface area contributed by atoms with Gasteiger partial charge in [0.1, 0.15) is 5.82 Å². The van der Waals surface area contributed by atoms with Crippen molar-refractivity contribution in [1.29, 1.82) is 0 Å². The molecule has 5 heteroatoms. The van der Waals surface area contributed by atoms with Gasteiger partial charge >= 0.3 is 0 Å². The maximum absolute atomic E-state index is 13.4. The number of anilines is 1. The van der Waals surface area contributed by atoms with Crippen LogP contribution in [-0.4, -0.2) is 4.92 Å². The first kappa shape index (κ1) is 14.0. The zero-order valence-electron chi connectivity index (χ0n) is 11.3. The average molecular weight is 274 g/mol. The molecule has 0 bridgehead atoms. The molecule has 0 aliphatic heterocycles. The molecule has 2 rings (SSSR count). The molecule has 0 aliphatic carbocycles. The lowest BCUT2D eigenvalue weighted by atomic mass is 10.1. The lowest BCUT2D eigenvalue weighted by Crippen LogP contribution is -2.05. The summed E-state index contributed by atoms with van der Waals surface area (Å²) in [5.41, 5.74) is 2.77. The van der Waals surface area contributed by atoms with Gasteiger partial charge in [-0.2, -0.15) is 0 Å². The Hall–Kier alpha value is -2.43. The minimum absolute atomic E-state index is 0.0975. The fraction of sp³-hybridized carbons (Fsp3) is 0.200. The fourth-order valence-electron chi connectivity index (χ4n) is 2.05. The quantitative estimate of drug-likeness (QED) is 0.678. The van der Waals surface area contributed by atoms with Gasteiger partial charge in [0, 0.05) is 29.4 Å². The number of nitro benzene ring substituents is 1. The summed E-state index contributed by atoms with van der Waals surface area (Å²) in [6.07, 6.45) is 0. The van der Waals surface area contributed by atoms with E-state index >= 15 is 0 Å². The Bertz CT molecular complexity index is 656. The van der Waals surface area contributed by atoms with E-state index < -0.39 is 4.92 Å². The van der Waals surface area contributed by atoms with Gasteiger partial charge in [0.2, 0.25) is 0 Å². The summed E-state index contributed by atoms with van der Waals surface area (Å²) < 4.78 is 13.4. The molecule has 0 fully saturated rings. The van der Waals surface area contributed by atoms with Gasteiger partial charge in [0.15, 0.2) is 0 Å². The number of hydrogen-bond acceptors (Lipinski definition) is 3. The second-order valence-electron chi connectivity index (χ2n) is 4.58. The van der Waals surface area contributed by atoms with E-state index in [1.165, 1.54) is 12.1 Å². The van der Waals surface area contributed by atoms with E-state index in [9.17, 15) is 14.5 Å². The van der Waals surface area contributed by atoms with Gasteiger partial charge in [-0.15, -0.1) is 0 Å². The topological polar surface area (TPSA) is 55.2 Å². The molecule has 0 saturated carbocycles. The van der Waals surface area contributed by atoms with Crippen LogP contribution in [0.15, 0.2) is 36.4 Å². The molecule has 4 nitrogen and oxygen atoms in total. The third-order valence-corrected chi connectivity index (χ3v) is 3.35. The SMILES string of the molecule is Cc1c(F)cccc1NCc1cccc([N+](=O)[O-])c1C. The molecule has 0 atom stereocenters. The van der Waals surface area contributed by atoms with Gasteiger partial charge in [-0.3, -0.25) is 10.1 Å². The normalized spacial score (nSPS) is 10.3. The number of hydrogen-bond donors (Lipinski definition) is 1. The third-order valence-electron chi connectivity index (χ3n) is 3.35. The first-order valence-corrected chi connectivity index (χ1v) is 6.22. The third kappa shape index (κ3) is 2.77. The average Bonchev–Trinajstić information content (AvgIpc) is 2.41. The van der Waals surface area contributed by atoms with E-state index in [-0.39, 0.29) is 11.5 Å². The van der Waals surface area contributed by atoms with E-state index in [2.05, 4.69) is 5.32 Å². The first-order chi connectivity index (χ1) is 9.50. The van der Waals surface area contributed by atoms with Crippen molar-refractivity contribution in [2.45, 2.75) is 20.4 Å². The predicted molar refractivity (Wildman–Crippen MR) is 76.3 cm³/mol. The summed E-state index contributed by atoms with van der Waals surface area (Å²) >= 11 is 0. The predicted octanol–water partition coefficient (Wildman–Crippen LogP) is 3.96. The Morgan fingerprint density at radius 3 is 2.55 bits per heavy atom. The van der Waals surface area contributed by atoms with Crippen LogP contribution in [0.25, 0.3) is 0 Å². The van der Waals surface area contributed by atoms with Crippen LogP contribution in [0.3, 0.4) is 0 Å². The summed E-state index contributed by atoms with van der Waals surface area (Å²) in [7, 11) is 0. The van der Waals surface area contributed by atoms with Crippen molar-refractivity contribution in [3.8, 4) is 0 Å². The summed E-state index contributed by atoms with van der Waals surface area (Å²) in [6, 6.07) is 9.77. The number of benzene rings is 2. The highest BCUT2D eigenvalue weighted by atomic mass is 19.1. The smallest absolute Gasteiger partial charge is 0.272 e. The van der Waals surface area contributed by atoms with E-state index in [1.807, 2.05) is 6.07 Å². The van der Waals surface area contributed by atoms with E-state index in [0.717, 1.165) is 5.56 Å². The van der Waals surface area contributed by atoms with Crippen molar-refractivity contribution in [3.05, 3.63) is 69.0 Å².